The van der Waals surface area contributed by atoms with Gasteiger partial charge in [0.2, 0.25) is 5.91 Å². The van der Waals surface area contributed by atoms with Crippen molar-refractivity contribution in [2.45, 2.75) is 38.9 Å². The minimum Gasteiger partial charge on any atom is -0.481 e. The Hall–Kier alpha value is -1.88. The van der Waals surface area contributed by atoms with Gasteiger partial charge in [-0.2, -0.15) is 0 Å². The molecule has 5 nitrogen and oxygen atoms in total. The van der Waals surface area contributed by atoms with Crippen molar-refractivity contribution in [3.63, 3.8) is 0 Å². The van der Waals surface area contributed by atoms with Gasteiger partial charge in [0.1, 0.15) is 0 Å². The van der Waals surface area contributed by atoms with Crippen molar-refractivity contribution >= 4 is 11.9 Å². The molecule has 2 atom stereocenters. The SMILES string of the molecule is CC(=O)N1CC(CC(=O)O)N(Cc2ccccc2)C[C@H]1C. The van der Waals surface area contributed by atoms with Crippen molar-refractivity contribution in [2.24, 2.45) is 0 Å². The summed E-state index contributed by atoms with van der Waals surface area (Å²) in [6.45, 7) is 5.45. The molecule has 21 heavy (non-hydrogen) atoms. The Balaban J connectivity index is 2.13. The highest BCUT2D eigenvalue weighted by atomic mass is 16.4. The third kappa shape index (κ3) is 4.04. The summed E-state index contributed by atoms with van der Waals surface area (Å²) < 4.78 is 0. The average Bonchev–Trinajstić information content (AvgIpc) is 2.42. The minimum atomic E-state index is -0.823. The highest BCUT2D eigenvalue weighted by Gasteiger charge is 2.33. The number of nitrogens with zero attached hydrogens (tertiary/aromatic N) is 2. The second-order valence-electron chi connectivity index (χ2n) is 5.69. The molecule has 0 spiro atoms. The molecule has 0 bridgehead atoms. The maximum Gasteiger partial charge on any atom is 0.305 e. The monoisotopic (exact) mass is 290 g/mol. The van der Waals surface area contributed by atoms with Crippen LogP contribution < -0.4 is 0 Å². The van der Waals surface area contributed by atoms with Gasteiger partial charge in [-0.1, -0.05) is 30.3 Å². The van der Waals surface area contributed by atoms with E-state index >= 15 is 0 Å². The standard InChI is InChI=1S/C16H22N2O3/c1-12-9-17(10-14-6-4-3-5-7-14)15(8-16(20)21)11-18(12)13(2)19/h3-7,12,15H,8-11H2,1-2H3,(H,20,21)/t12-,15?/m1/s1. The maximum atomic E-state index is 11.7. The van der Waals surface area contributed by atoms with E-state index < -0.39 is 5.97 Å². The second kappa shape index (κ2) is 6.72. The zero-order chi connectivity index (χ0) is 15.4. The van der Waals surface area contributed by atoms with Crippen LogP contribution in [-0.4, -0.2) is 52.0 Å². The Morgan fingerprint density at radius 2 is 1.90 bits per heavy atom. The molecule has 1 aliphatic heterocycles. The number of hydrogen-bond acceptors (Lipinski definition) is 3. The summed E-state index contributed by atoms with van der Waals surface area (Å²) in [6.07, 6.45) is 0.0589. The number of rotatable bonds is 4. The molecule has 1 unspecified atom stereocenters. The van der Waals surface area contributed by atoms with Crippen molar-refractivity contribution in [3.05, 3.63) is 35.9 Å². The van der Waals surface area contributed by atoms with Crippen LogP contribution in [0.5, 0.6) is 0 Å². The first-order chi connectivity index (χ1) is 9.97. The van der Waals surface area contributed by atoms with Crippen LogP contribution >= 0.6 is 0 Å². The van der Waals surface area contributed by atoms with Crippen molar-refractivity contribution in [1.29, 1.82) is 0 Å². The summed E-state index contributed by atoms with van der Waals surface area (Å²) in [5.74, 6) is -0.812. The molecule has 1 saturated heterocycles. The Morgan fingerprint density at radius 1 is 1.24 bits per heavy atom. The van der Waals surface area contributed by atoms with Crippen LogP contribution in [0.25, 0.3) is 0 Å². The van der Waals surface area contributed by atoms with Crippen molar-refractivity contribution in [3.8, 4) is 0 Å². The average molecular weight is 290 g/mol. The molecule has 1 aromatic carbocycles. The molecule has 5 heteroatoms. The second-order valence-corrected chi connectivity index (χ2v) is 5.69. The number of carbonyl (C=O) groups excluding carboxylic acids is 1. The van der Waals surface area contributed by atoms with E-state index in [2.05, 4.69) is 4.90 Å². The summed E-state index contributed by atoms with van der Waals surface area (Å²) in [5.41, 5.74) is 1.16. The van der Waals surface area contributed by atoms with E-state index in [9.17, 15) is 9.59 Å². The molecular weight excluding hydrogens is 268 g/mol. The Kier molecular flexibility index (Phi) is 4.96. The lowest BCUT2D eigenvalue weighted by molar-refractivity contribution is -0.143. The van der Waals surface area contributed by atoms with E-state index in [1.165, 1.54) is 0 Å². The first kappa shape index (κ1) is 15.5. The number of hydrogen-bond donors (Lipinski definition) is 1. The van der Waals surface area contributed by atoms with Crippen LogP contribution in [-0.2, 0) is 16.1 Å². The first-order valence-corrected chi connectivity index (χ1v) is 7.24. The van der Waals surface area contributed by atoms with Crippen molar-refractivity contribution < 1.29 is 14.7 Å². The molecular formula is C16H22N2O3. The van der Waals surface area contributed by atoms with Gasteiger partial charge in [-0.15, -0.1) is 0 Å². The van der Waals surface area contributed by atoms with Crippen molar-refractivity contribution in [1.82, 2.24) is 9.80 Å². The molecule has 1 aliphatic rings. The first-order valence-electron chi connectivity index (χ1n) is 7.24. The quantitative estimate of drug-likeness (QED) is 0.914. The van der Waals surface area contributed by atoms with Crippen LogP contribution in [0.3, 0.4) is 0 Å². The van der Waals surface area contributed by atoms with E-state index in [0.717, 1.165) is 12.1 Å². The highest BCUT2D eigenvalue weighted by molar-refractivity contribution is 5.74. The zero-order valence-corrected chi connectivity index (χ0v) is 12.5. The van der Waals surface area contributed by atoms with Gasteiger partial charge in [-0.3, -0.25) is 14.5 Å². The van der Waals surface area contributed by atoms with Gasteiger partial charge in [-0.05, 0) is 12.5 Å². The summed E-state index contributed by atoms with van der Waals surface area (Å²) in [4.78, 5) is 26.7. The summed E-state index contributed by atoms with van der Waals surface area (Å²) >= 11 is 0. The normalized spacial score (nSPS) is 23.0. The molecule has 1 heterocycles. The van der Waals surface area contributed by atoms with Crippen LogP contribution in [0.15, 0.2) is 30.3 Å². The molecule has 1 aromatic rings. The molecule has 0 aromatic heterocycles. The van der Waals surface area contributed by atoms with E-state index in [0.29, 0.717) is 13.1 Å². The van der Waals surface area contributed by atoms with Gasteiger partial charge in [-0.25, -0.2) is 0 Å². The largest absolute Gasteiger partial charge is 0.481 e. The van der Waals surface area contributed by atoms with Crippen LogP contribution in [0, 0.1) is 0 Å². The van der Waals surface area contributed by atoms with Crippen molar-refractivity contribution in [2.75, 3.05) is 13.1 Å². The Morgan fingerprint density at radius 3 is 2.48 bits per heavy atom. The molecule has 2 rings (SSSR count). The van der Waals surface area contributed by atoms with Crippen LogP contribution in [0.2, 0.25) is 0 Å². The number of amides is 1. The molecule has 0 radical (unpaired) electrons. The summed E-state index contributed by atoms with van der Waals surface area (Å²) in [6, 6.07) is 9.99. The van der Waals surface area contributed by atoms with Gasteiger partial charge in [0.15, 0.2) is 0 Å². The molecule has 0 saturated carbocycles. The number of benzene rings is 1. The molecule has 0 aliphatic carbocycles. The van der Waals surface area contributed by atoms with Gasteiger partial charge in [0.05, 0.1) is 6.42 Å². The molecule has 1 fully saturated rings. The number of piperazine rings is 1. The fourth-order valence-corrected chi connectivity index (χ4v) is 2.96. The number of aliphatic carboxylic acids is 1. The molecule has 1 N–H and O–H groups in total. The van der Waals surface area contributed by atoms with E-state index in [1.54, 1.807) is 11.8 Å². The lowest BCUT2D eigenvalue weighted by Gasteiger charge is -2.44. The highest BCUT2D eigenvalue weighted by Crippen LogP contribution is 2.20. The number of carboxylic acids is 1. The van der Waals surface area contributed by atoms with Gasteiger partial charge in [0, 0.05) is 38.6 Å². The fourth-order valence-electron chi connectivity index (χ4n) is 2.96. The Bertz CT molecular complexity index is 504. The lowest BCUT2D eigenvalue weighted by Crippen LogP contribution is -2.58. The number of carbonyl (C=O) groups is 2. The fraction of sp³-hybridized carbons (Fsp3) is 0.500. The third-order valence-corrected chi connectivity index (χ3v) is 4.00. The van der Waals surface area contributed by atoms with E-state index in [-0.39, 0.29) is 24.4 Å². The van der Waals surface area contributed by atoms with E-state index in [1.807, 2.05) is 37.3 Å². The zero-order valence-electron chi connectivity index (χ0n) is 12.5. The maximum absolute atomic E-state index is 11.7. The van der Waals surface area contributed by atoms with Gasteiger partial charge >= 0.3 is 5.97 Å². The topological polar surface area (TPSA) is 60.9 Å². The summed E-state index contributed by atoms with van der Waals surface area (Å²) in [7, 11) is 0. The molecule has 114 valence electrons. The van der Waals surface area contributed by atoms with Crippen LogP contribution in [0.1, 0.15) is 25.8 Å². The minimum absolute atomic E-state index is 0.0113. The Labute approximate surface area is 125 Å². The predicted octanol–water partition coefficient (Wildman–Crippen LogP) is 1.58. The van der Waals surface area contributed by atoms with Gasteiger partial charge < -0.3 is 10.0 Å². The smallest absolute Gasteiger partial charge is 0.305 e. The molecule has 1 amide bonds. The predicted molar refractivity (Wildman–Crippen MR) is 79.7 cm³/mol. The van der Waals surface area contributed by atoms with E-state index in [4.69, 9.17) is 5.11 Å². The summed E-state index contributed by atoms with van der Waals surface area (Å²) in [5, 5.41) is 9.11. The van der Waals surface area contributed by atoms with Crippen LogP contribution in [0.4, 0.5) is 0 Å². The number of carboxylic acid groups (broad SMARTS) is 1. The third-order valence-electron chi connectivity index (χ3n) is 4.00. The van der Waals surface area contributed by atoms with Gasteiger partial charge in [0.25, 0.3) is 0 Å². The lowest BCUT2D eigenvalue weighted by atomic mass is 10.0.